The second kappa shape index (κ2) is 13.6. The van der Waals surface area contributed by atoms with Crippen LogP contribution >= 0.6 is 0 Å². The van der Waals surface area contributed by atoms with Gasteiger partial charge in [0.2, 0.25) is 0 Å². The zero-order valence-corrected chi connectivity index (χ0v) is 33.9. The molecule has 0 unspecified atom stereocenters. The lowest BCUT2D eigenvalue weighted by Gasteiger charge is -2.30. The number of anilines is 4. The Morgan fingerprint density at radius 3 is 1.89 bits per heavy atom. The van der Waals surface area contributed by atoms with Gasteiger partial charge < -0.3 is 14.5 Å². The fourth-order valence-electron chi connectivity index (χ4n) is 8.00. The third-order valence-electron chi connectivity index (χ3n) is 12.0. The molecule has 0 saturated carbocycles. The first-order chi connectivity index (χ1) is 26.3. The predicted molar refractivity (Wildman–Crippen MR) is 232 cm³/mol. The van der Waals surface area contributed by atoms with Gasteiger partial charge in [-0.25, -0.2) is 4.98 Å². The molecule has 55 heavy (non-hydrogen) atoms. The van der Waals surface area contributed by atoms with E-state index in [4.69, 9.17) is 9.72 Å². The molecule has 0 bridgehead atoms. The first kappa shape index (κ1) is 36.4. The van der Waals surface area contributed by atoms with Crippen molar-refractivity contribution in [1.29, 1.82) is 0 Å². The number of ether oxygens (including phenoxy) is 1. The van der Waals surface area contributed by atoms with Crippen LogP contribution in [0.4, 0.5) is 22.7 Å². The molecule has 7 aromatic rings. The summed E-state index contributed by atoms with van der Waals surface area (Å²) in [5, 5.41) is 2.37. The number of pyridine rings is 1. The molecular formula is C50H54N4O. The quantitative estimate of drug-likeness (QED) is 0.156. The molecule has 0 amide bonds. The standard InChI is InChI=1S/C50H54N4O/c1-10-50(9,11-2)36-28-38(53-33-52(44-21-14-15-22-45(44)53)37-18-16-17-34(27-37)48(3,4)5)31-40(29-36)55-39-23-24-42-41-19-12-13-20-43(41)54(46(42)32-39)47-30-35(25-26-51-47)49(6,7)8/h12-32H,10-11,33H2,1-9H3. The number of fused-ring (bicyclic) bond motifs is 4. The molecule has 0 radical (unpaired) electrons. The Balaban J connectivity index is 1.23. The largest absolute Gasteiger partial charge is 0.457 e. The van der Waals surface area contributed by atoms with Crippen molar-refractivity contribution in [3.63, 3.8) is 0 Å². The van der Waals surface area contributed by atoms with Crippen molar-refractivity contribution in [2.75, 3.05) is 16.5 Å². The van der Waals surface area contributed by atoms with E-state index in [0.717, 1.165) is 46.9 Å². The smallest absolute Gasteiger partial charge is 0.137 e. The summed E-state index contributed by atoms with van der Waals surface area (Å²) in [4.78, 5) is 9.78. The summed E-state index contributed by atoms with van der Waals surface area (Å²) in [5.41, 5.74) is 10.8. The highest BCUT2D eigenvalue weighted by Gasteiger charge is 2.31. The van der Waals surface area contributed by atoms with Crippen molar-refractivity contribution in [2.45, 2.75) is 91.4 Å². The fourth-order valence-corrected chi connectivity index (χ4v) is 8.00. The second-order valence-corrected chi connectivity index (χ2v) is 17.6. The molecule has 1 aliphatic heterocycles. The third kappa shape index (κ3) is 6.64. The van der Waals surface area contributed by atoms with E-state index in [1.165, 1.54) is 44.5 Å². The lowest BCUT2D eigenvalue weighted by atomic mass is 9.77. The SMILES string of the molecule is CCC(C)(CC)c1cc(Oc2ccc3c4ccccc4n(-c4cc(C(C)(C)C)ccn4)c3c2)cc(N2CN(c3cccc(C(C)(C)C)c3)c3ccccc32)c1. The van der Waals surface area contributed by atoms with Gasteiger partial charge >= 0.3 is 0 Å². The van der Waals surface area contributed by atoms with Gasteiger partial charge in [0.25, 0.3) is 0 Å². The van der Waals surface area contributed by atoms with Gasteiger partial charge in [0.15, 0.2) is 0 Å². The Labute approximate surface area is 327 Å². The minimum Gasteiger partial charge on any atom is -0.457 e. The minimum absolute atomic E-state index is 0.00225. The van der Waals surface area contributed by atoms with E-state index < -0.39 is 0 Å². The molecule has 0 N–H and O–H groups in total. The van der Waals surface area contributed by atoms with E-state index in [9.17, 15) is 0 Å². The van der Waals surface area contributed by atoms with E-state index in [1.54, 1.807) is 0 Å². The van der Waals surface area contributed by atoms with Gasteiger partial charge in [0, 0.05) is 40.5 Å². The average molecular weight is 727 g/mol. The van der Waals surface area contributed by atoms with Gasteiger partial charge in [0.1, 0.15) is 24.0 Å². The molecule has 5 aromatic carbocycles. The summed E-state index contributed by atoms with van der Waals surface area (Å²) in [6.45, 7) is 21.2. The van der Waals surface area contributed by atoms with Crippen molar-refractivity contribution in [2.24, 2.45) is 0 Å². The maximum atomic E-state index is 6.96. The minimum atomic E-state index is -0.00575. The Hall–Kier alpha value is -5.55. The summed E-state index contributed by atoms with van der Waals surface area (Å²) in [7, 11) is 0. The molecule has 0 spiro atoms. The first-order valence-electron chi connectivity index (χ1n) is 19.9. The van der Waals surface area contributed by atoms with Crippen LogP contribution in [0.5, 0.6) is 11.5 Å². The van der Waals surface area contributed by atoms with E-state index >= 15 is 0 Å². The highest BCUT2D eigenvalue weighted by atomic mass is 16.5. The van der Waals surface area contributed by atoms with E-state index in [0.29, 0.717) is 6.67 Å². The zero-order valence-electron chi connectivity index (χ0n) is 33.9. The molecule has 0 saturated heterocycles. The topological polar surface area (TPSA) is 33.5 Å². The lowest BCUT2D eigenvalue weighted by molar-refractivity contribution is 0.432. The van der Waals surface area contributed by atoms with Crippen LogP contribution in [0.1, 0.15) is 91.8 Å². The molecule has 3 heterocycles. The molecule has 2 aromatic heterocycles. The van der Waals surface area contributed by atoms with E-state index in [2.05, 4.69) is 198 Å². The van der Waals surface area contributed by atoms with Crippen LogP contribution in [0.2, 0.25) is 0 Å². The van der Waals surface area contributed by atoms with Crippen molar-refractivity contribution in [3.05, 3.63) is 144 Å². The Morgan fingerprint density at radius 1 is 0.545 bits per heavy atom. The van der Waals surface area contributed by atoms with Gasteiger partial charge in [-0.1, -0.05) is 105 Å². The van der Waals surface area contributed by atoms with E-state index in [1.807, 2.05) is 6.20 Å². The van der Waals surface area contributed by atoms with Crippen molar-refractivity contribution >= 4 is 44.6 Å². The van der Waals surface area contributed by atoms with Crippen LogP contribution in [0.15, 0.2) is 128 Å². The van der Waals surface area contributed by atoms with Crippen LogP contribution in [0, 0.1) is 0 Å². The number of nitrogens with zero attached hydrogens (tertiary/aromatic N) is 4. The maximum Gasteiger partial charge on any atom is 0.137 e. The summed E-state index contributed by atoms with van der Waals surface area (Å²) in [6, 6.07) is 44.1. The zero-order chi connectivity index (χ0) is 38.7. The summed E-state index contributed by atoms with van der Waals surface area (Å²) in [5.74, 6) is 2.54. The monoisotopic (exact) mass is 726 g/mol. The lowest BCUT2D eigenvalue weighted by Crippen LogP contribution is -2.25. The van der Waals surface area contributed by atoms with Crippen LogP contribution in [0.25, 0.3) is 27.6 Å². The Kier molecular flexibility index (Phi) is 9.03. The number of hydrogen-bond donors (Lipinski definition) is 0. The van der Waals surface area contributed by atoms with Gasteiger partial charge in [-0.3, -0.25) is 4.57 Å². The molecule has 0 fully saturated rings. The molecular weight excluding hydrogens is 673 g/mol. The number of aromatic nitrogens is 2. The molecule has 280 valence electrons. The number of para-hydroxylation sites is 3. The Bertz CT molecular complexity index is 2530. The maximum absolute atomic E-state index is 6.96. The van der Waals surface area contributed by atoms with Crippen LogP contribution in [-0.4, -0.2) is 16.2 Å². The molecule has 0 aliphatic carbocycles. The van der Waals surface area contributed by atoms with Crippen molar-refractivity contribution < 1.29 is 4.74 Å². The molecule has 8 rings (SSSR count). The normalized spacial score (nSPS) is 13.5. The van der Waals surface area contributed by atoms with Gasteiger partial charge in [-0.15, -0.1) is 0 Å². The van der Waals surface area contributed by atoms with Gasteiger partial charge in [-0.2, -0.15) is 0 Å². The first-order valence-corrected chi connectivity index (χ1v) is 19.9. The summed E-state index contributed by atoms with van der Waals surface area (Å²) < 4.78 is 9.24. The van der Waals surface area contributed by atoms with Crippen molar-refractivity contribution in [1.82, 2.24) is 9.55 Å². The van der Waals surface area contributed by atoms with Crippen LogP contribution in [-0.2, 0) is 16.2 Å². The predicted octanol–water partition coefficient (Wildman–Crippen LogP) is 13.9. The highest BCUT2D eigenvalue weighted by molar-refractivity contribution is 6.09. The second-order valence-electron chi connectivity index (χ2n) is 17.6. The van der Waals surface area contributed by atoms with E-state index in [-0.39, 0.29) is 16.2 Å². The average Bonchev–Trinajstić information content (AvgIpc) is 3.73. The summed E-state index contributed by atoms with van der Waals surface area (Å²) >= 11 is 0. The summed E-state index contributed by atoms with van der Waals surface area (Å²) in [6.07, 6.45) is 3.99. The fraction of sp³-hybridized carbons (Fsp3) is 0.300. The molecule has 0 atom stereocenters. The molecule has 5 nitrogen and oxygen atoms in total. The third-order valence-corrected chi connectivity index (χ3v) is 12.0. The Morgan fingerprint density at radius 2 is 1.18 bits per heavy atom. The van der Waals surface area contributed by atoms with Crippen LogP contribution < -0.4 is 14.5 Å². The number of benzene rings is 5. The van der Waals surface area contributed by atoms with Gasteiger partial charge in [-0.05, 0) is 113 Å². The molecule has 1 aliphatic rings. The number of rotatable bonds is 8. The number of hydrogen-bond acceptors (Lipinski definition) is 4. The highest BCUT2D eigenvalue weighted by Crippen LogP contribution is 2.47. The van der Waals surface area contributed by atoms with Crippen LogP contribution in [0.3, 0.4) is 0 Å². The molecule has 5 heteroatoms. The van der Waals surface area contributed by atoms with Crippen molar-refractivity contribution in [3.8, 4) is 17.3 Å². The van der Waals surface area contributed by atoms with Gasteiger partial charge in [0.05, 0.1) is 22.4 Å².